The van der Waals surface area contributed by atoms with Gasteiger partial charge in [0.1, 0.15) is 10.6 Å². The Morgan fingerprint density at radius 1 is 1.50 bits per heavy atom. The summed E-state index contributed by atoms with van der Waals surface area (Å²) in [6, 6.07) is 0. The summed E-state index contributed by atoms with van der Waals surface area (Å²) in [5.41, 5.74) is 0. The molecule has 2 heterocycles. The highest BCUT2D eigenvalue weighted by Gasteiger charge is 2.14. The minimum absolute atomic E-state index is 0.0392. The Labute approximate surface area is 92.2 Å². The molecule has 0 bridgehead atoms. The van der Waals surface area contributed by atoms with Gasteiger partial charge in [-0.15, -0.1) is 0 Å². The number of aliphatic imine (C=N–C) groups is 1. The lowest BCUT2D eigenvalue weighted by molar-refractivity contribution is -0.380. The van der Waals surface area contributed by atoms with Crippen LogP contribution in [0.25, 0.3) is 0 Å². The van der Waals surface area contributed by atoms with Gasteiger partial charge in [-0.05, 0) is 11.3 Å². The zero-order valence-corrected chi connectivity index (χ0v) is 9.32. The van der Waals surface area contributed by atoms with Gasteiger partial charge in [0.15, 0.2) is 0 Å². The van der Waals surface area contributed by atoms with Crippen molar-refractivity contribution in [1.82, 2.24) is 4.98 Å². The van der Waals surface area contributed by atoms with E-state index in [9.17, 15) is 10.1 Å². The van der Waals surface area contributed by atoms with E-state index in [4.69, 9.17) is 0 Å². The molecule has 1 aliphatic heterocycles. The molecular formula is C6H5N3O2S3. The monoisotopic (exact) mass is 247 g/mol. The molecule has 2 rings (SSSR count). The Hall–Kier alpha value is -0.600. The van der Waals surface area contributed by atoms with E-state index in [0.29, 0.717) is 5.13 Å². The maximum atomic E-state index is 10.4. The van der Waals surface area contributed by atoms with Crippen LogP contribution in [0.15, 0.2) is 11.2 Å². The second-order valence-corrected chi connectivity index (χ2v) is 5.73. The van der Waals surface area contributed by atoms with Crippen molar-refractivity contribution >= 4 is 49.4 Å². The quantitative estimate of drug-likeness (QED) is 0.593. The third-order valence-corrected chi connectivity index (χ3v) is 4.68. The van der Waals surface area contributed by atoms with Gasteiger partial charge in [-0.3, -0.25) is 10.1 Å². The van der Waals surface area contributed by atoms with Crippen molar-refractivity contribution in [3.05, 3.63) is 16.3 Å². The molecule has 0 saturated carbocycles. The van der Waals surface area contributed by atoms with Crippen LogP contribution >= 0.6 is 34.9 Å². The largest absolute Gasteiger partial charge is 0.345 e. The highest BCUT2D eigenvalue weighted by Crippen LogP contribution is 2.32. The summed E-state index contributed by atoms with van der Waals surface area (Å²) in [7, 11) is 0. The summed E-state index contributed by atoms with van der Waals surface area (Å²) in [6.07, 6.45) is 1.24. The fourth-order valence-corrected chi connectivity index (χ4v) is 3.71. The van der Waals surface area contributed by atoms with E-state index >= 15 is 0 Å². The fourth-order valence-electron chi connectivity index (χ4n) is 0.835. The molecule has 1 aromatic heterocycles. The SMILES string of the molecule is O=[N+]([O-])c1cnc(N=C2SCCS2)s1. The average Bonchev–Trinajstić information content (AvgIpc) is 2.75. The van der Waals surface area contributed by atoms with Gasteiger partial charge in [0.25, 0.3) is 0 Å². The molecule has 0 radical (unpaired) electrons. The summed E-state index contributed by atoms with van der Waals surface area (Å²) in [6.45, 7) is 0. The third-order valence-electron chi connectivity index (χ3n) is 1.38. The molecule has 0 aromatic carbocycles. The lowest BCUT2D eigenvalue weighted by atomic mass is 10.9. The first-order chi connectivity index (χ1) is 6.75. The predicted molar refractivity (Wildman–Crippen MR) is 60.8 cm³/mol. The van der Waals surface area contributed by atoms with Crippen LogP contribution in [-0.4, -0.2) is 25.8 Å². The van der Waals surface area contributed by atoms with Crippen LogP contribution in [0.3, 0.4) is 0 Å². The predicted octanol–water partition coefficient (Wildman–Crippen LogP) is 2.52. The third kappa shape index (κ3) is 2.25. The molecule has 5 nitrogen and oxygen atoms in total. The maximum Gasteiger partial charge on any atom is 0.345 e. The summed E-state index contributed by atoms with van der Waals surface area (Å²) < 4.78 is 0.953. The maximum absolute atomic E-state index is 10.4. The van der Waals surface area contributed by atoms with Crippen LogP contribution in [0.4, 0.5) is 10.1 Å². The van der Waals surface area contributed by atoms with Crippen molar-refractivity contribution in [2.45, 2.75) is 0 Å². The van der Waals surface area contributed by atoms with E-state index in [-0.39, 0.29) is 5.00 Å². The number of aromatic nitrogens is 1. The number of thiazole rings is 1. The van der Waals surface area contributed by atoms with Gasteiger partial charge in [-0.2, -0.15) is 0 Å². The van der Waals surface area contributed by atoms with E-state index < -0.39 is 4.92 Å². The van der Waals surface area contributed by atoms with Gasteiger partial charge in [-0.1, -0.05) is 23.5 Å². The number of nitrogens with zero attached hydrogens (tertiary/aromatic N) is 3. The Bertz CT molecular complexity index is 381. The Balaban J connectivity index is 2.16. The van der Waals surface area contributed by atoms with Gasteiger partial charge < -0.3 is 0 Å². The molecule has 1 fully saturated rings. The molecular weight excluding hydrogens is 242 g/mol. The summed E-state index contributed by atoms with van der Waals surface area (Å²) in [4.78, 5) is 18.0. The summed E-state index contributed by atoms with van der Waals surface area (Å²) >= 11 is 4.33. The molecule has 74 valence electrons. The molecule has 0 unspecified atom stereocenters. The first-order valence-electron chi connectivity index (χ1n) is 3.70. The molecule has 1 aromatic rings. The van der Waals surface area contributed by atoms with Crippen LogP contribution in [-0.2, 0) is 0 Å². The molecule has 14 heavy (non-hydrogen) atoms. The molecule has 0 amide bonds. The van der Waals surface area contributed by atoms with E-state index in [1.807, 2.05) is 0 Å². The number of nitro groups is 1. The minimum atomic E-state index is -0.448. The lowest BCUT2D eigenvalue weighted by Crippen LogP contribution is -1.80. The first kappa shape index (κ1) is 9.94. The fraction of sp³-hybridized carbons (Fsp3) is 0.333. The van der Waals surface area contributed by atoms with E-state index in [2.05, 4.69) is 9.98 Å². The zero-order valence-electron chi connectivity index (χ0n) is 6.87. The van der Waals surface area contributed by atoms with Crippen LogP contribution in [0.2, 0.25) is 0 Å². The Morgan fingerprint density at radius 2 is 2.21 bits per heavy atom. The van der Waals surface area contributed by atoms with Crippen molar-refractivity contribution < 1.29 is 4.92 Å². The van der Waals surface area contributed by atoms with E-state index in [1.165, 1.54) is 6.20 Å². The number of hydrogen-bond acceptors (Lipinski definition) is 7. The molecule has 0 N–H and O–H groups in total. The molecule has 8 heteroatoms. The zero-order chi connectivity index (χ0) is 9.97. The molecule has 0 aliphatic carbocycles. The minimum Gasteiger partial charge on any atom is -0.257 e. The number of hydrogen-bond donors (Lipinski definition) is 0. The Morgan fingerprint density at radius 3 is 2.79 bits per heavy atom. The van der Waals surface area contributed by atoms with Gasteiger partial charge in [0.05, 0.1) is 4.92 Å². The number of rotatable bonds is 2. The second kappa shape index (κ2) is 4.28. The molecule has 0 spiro atoms. The molecule has 0 atom stereocenters. The smallest absolute Gasteiger partial charge is 0.257 e. The van der Waals surface area contributed by atoms with Crippen molar-refractivity contribution in [1.29, 1.82) is 0 Å². The van der Waals surface area contributed by atoms with Crippen molar-refractivity contribution in [2.24, 2.45) is 4.99 Å². The highest BCUT2D eigenvalue weighted by atomic mass is 32.2. The van der Waals surface area contributed by atoms with Gasteiger partial charge in [-0.25, -0.2) is 9.98 Å². The van der Waals surface area contributed by atoms with Gasteiger partial charge in [0, 0.05) is 11.5 Å². The summed E-state index contributed by atoms with van der Waals surface area (Å²) in [5.74, 6) is 2.11. The van der Waals surface area contributed by atoms with Gasteiger partial charge in [0.2, 0.25) is 5.13 Å². The topological polar surface area (TPSA) is 68.4 Å². The summed E-state index contributed by atoms with van der Waals surface area (Å²) in [5, 5.41) is 10.9. The van der Waals surface area contributed by atoms with Crippen LogP contribution < -0.4 is 0 Å². The first-order valence-corrected chi connectivity index (χ1v) is 6.49. The van der Waals surface area contributed by atoms with Crippen LogP contribution in [0.5, 0.6) is 0 Å². The average molecular weight is 247 g/mol. The van der Waals surface area contributed by atoms with Crippen LogP contribution in [0, 0.1) is 10.1 Å². The highest BCUT2D eigenvalue weighted by molar-refractivity contribution is 8.41. The standard InChI is InChI=1S/C6H5N3O2S3/c10-9(11)4-3-7-5(14-4)8-6-12-1-2-13-6/h3H,1-2H2. The van der Waals surface area contributed by atoms with Gasteiger partial charge >= 0.3 is 5.00 Å². The normalized spacial score (nSPS) is 15.9. The van der Waals surface area contributed by atoms with Crippen molar-refractivity contribution in [2.75, 3.05) is 11.5 Å². The number of thioether (sulfide) groups is 2. The lowest BCUT2D eigenvalue weighted by Gasteiger charge is -1.87. The van der Waals surface area contributed by atoms with Crippen molar-refractivity contribution in [3.8, 4) is 0 Å². The van der Waals surface area contributed by atoms with Crippen molar-refractivity contribution in [3.63, 3.8) is 0 Å². The molecule has 1 aliphatic rings. The Kier molecular flexibility index (Phi) is 3.04. The van der Waals surface area contributed by atoms with E-state index in [1.54, 1.807) is 23.5 Å². The molecule has 1 saturated heterocycles. The van der Waals surface area contributed by atoms with Crippen LogP contribution in [0.1, 0.15) is 0 Å². The van der Waals surface area contributed by atoms with E-state index in [0.717, 1.165) is 27.2 Å². The second-order valence-electron chi connectivity index (χ2n) is 2.31.